The van der Waals surface area contributed by atoms with Gasteiger partial charge in [-0.3, -0.25) is 4.79 Å². The van der Waals surface area contributed by atoms with Gasteiger partial charge in [-0.2, -0.15) is 0 Å². The van der Waals surface area contributed by atoms with E-state index in [0.717, 1.165) is 12.6 Å². The first kappa shape index (κ1) is 11.5. The summed E-state index contributed by atoms with van der Waals surface area (Å²) in [5.41, 5.74) is 8.96. The Morgan fingerprint density at radius 3 is 2.15 bits per heavy atom. The summed E-state index contributed by atoms with van der Waals surface area (Å²) in [6, 6.07) is 5.95. The van der Waals surface area contributed by atoms with Gasteiger partial charge in [0.15, 0.2) is 0 Å². The molecule has 0 aromatic heterocycles. The average molecular weight is 181 g/mol. The van der Waals surface area contributed by atoms with Crippen LogP contribution >= 0.6 is 0 Å². The summed E-state index contributed by atoms with van der Waals surface area (Å²) in [5, 5.41) is 7.42. The molecule has 0 spiro atoms. The van der Waals surface area contributed by atoms with Crippen molar-refractivity contribution in [2.24, 2.45) is 0 Å². The molecule has 3 nitrogen and oxygen atoms in total. The van der Waals surface area contributed by atoms with Crippen molar-refractivity contribution in [3.63, 3.8) is 0 Å². The largest absolute Gasteiger partial charge is 0.481 e. The van der Waals surface area contributed by atoms with E-state index in [9.17, 15) is 0 Å². The van der Waals surface area contributed by atoms with Crippen LogP contribution in [0.1, 0.15) is 18.1 Å². The fourth-order valence-corrected chi connectivity index (χ4v) is 0.774. The highest BCUT2D eigenvalue weighted by Gasteiger charge is 1.92. The van der Waals surface area contributed by atoms with Gasteiger partial charge in [-0.25, -0.2) is 0 Å². The van der Waals surface area contributed by atoms with Crippen LogP contribution in [0.25, 0.3) is 0 Å². The predicted octanol–water partition coefficient (Wildman–Crippen LogP) is 1.98. The summed E-state index contributed by atoms with van der Waals surface area (Å²) in [5.74, 6) is -0.833. The third kappa shape index (κ3) is 4.85. The lowest BCUT2D eigenvalue weighted by molar-refractivity contribution is -0.134. The highest BCUT2D eigenvalue weighted by Crippen LogP contribution is 2.13. The molecule has 0 aliphatic rings. The molecule has 0 unspecified atom stereocenters. The monoisotopic (exact) mass is 181 g/mol. The first-order valence-corrected chi connectivity index (χ1v) is 3.96. The van der Waals surface area contributed by atoms with Crippen LogP contribution in [0.15, 0.2) is 18.2 Å². The number of anilines is 1. The topological polar surface area (TPSA) is 63.3 Å². The normalized spacial score (nSPS) is 8.54. The van der Waals surface area contributed by atoms with Crippen molar-refractivity contribution >= 4 is 11.7 Å². The minimum absolute atomic E-state index is 0.833. The van der Waals surface area contributed by atoms with Crippen LogP contribution in [0, 0.1) is 13.8 Å². The quantitative estimate of drug-likeness (QED) is 0.601. The van der Waals surface area contributed by atoms with Crippen LogP contribution < -0.4 is 5.73 Å². The van der Waals surface area contributed by atoms with Gasteiger partial charge >= 0.3 is 0 Å². The molecule has 3 heteroatoms. The zero-order chi connectivity index (χ0) is 10.4. The first-order valence-electron chi connectivity index (χ1n) is 3.96. The van der Waals surface area contributed by atoms with Crippen molar-refractivity contribution in [2.75, 3.05) is 5.73 Å². The van der Waals surface area contributed by atoms with Crippen LogP contribution in [0.5, 0.6) is 0 Å². The number of hydrogen-bond donors (Lipinski definition) is 2. The molecule has 1 rings (SSSR count). The molecule has 72 valence electrons. The number of aryl methyl sites for hydroxylation is 1. The van der Waals surface area contributed by atoms with E-state index in [4.69, 9.17) is 15.6 Å². The second-order valence-electron chi connectivity index (χ2n) is 2.81. The summed E-state index contributed by atoms with van der Waals surface area (Å²) in [4.78, 5) is 9.00. The van der Waals surface area contributed by atoms with Crippen molar-refractivity contribution in [2.45, 2.75) is 20.8 Å². The van der Waals surface area contributed by atoms with Crippen LogP contribution in [-0.4, -0.2) is 11.1 Å². The van der Waals surface area contributed by atoms with Crippen LogP contribution in [0.4, 0.5) is 5.69 Å². The number of hydrogen-bond acceptors (Lipinski definition) is 2. The molecule has 1 aromatic carbocycles. The maximum absolute atomic E-state index is 9.00. The Kier molecular flexibility index (Phi) is 4.59. The average Bonchev–Trinajstić information content (AvgIpc) is 1.99. The molecule has 0 radical (unpaired) electrons. The first-order chi connectivity index (χ1) is 5.95. The number of aliphatic carboxylic acids is 1. The van der Waals surface area contributed by atoms with E-state index < -0.39 is 5.97 Å². The van der Waals surface area contributed by atoms with Gasteiger partial charge in [0.25, 0.3) is 5.97 Å². The molecular formula is C10H15NO2. The minimum Gasteiger partial charge on any atom is -0.481 e. The molecule has 0 aliphatic carbocycles. The number of benzene rings is 1. The maximum atomic E-state index is 9.00. The maximum Gasteiger partial charge on any atom is 0.300 e. The van der Waals surface area contributed by atoms with Gasteiger partial charge in [0.2, 0.25) is 0 Å². The lowest BCUT2D eigenvalue weighted by atomic mass is 10.1. The number of nitrogens with two attached hydrogens (primary N) is 1. The summed E-state index contributed by atoms with van der Waals surface area (Å²) in [6.45, 7) is 5.18. The van der Waals surface area contributed by atoms with Crippen molar-refractivity contribution in [1.29, 1.82) is 0 Å². The van der Waals surface area contributed by atoms with Crippen LogP contribution in [0.2, 0.25) is 0 Å². The Morgan fingerprint density at radius 2 is 1.85 bits per heavy atom. The molecule has 0 amide bonds. The van der Waals surface area contributed by atoms with Crippen molar-refractivity contribution in [3.8, 4) is 0 Å². The minimum atomic E-state index is -0.833. The van der Waals surface area contributed by atoms with Gasteiger partial charge in [0.1, 0.15) is 0 Å². The second kappa shape index (κ2) is 5.19. The lowest BCUT2D eigenvalue weighted by Gasteiger charge is -2.00. The molecule has 1 aromatic rings. The number of carbonyl (C=O) groups is 1. The van der Waals surface area contributed by atoms with E-state index in [-0.39, 0.29) is 0 Å². The van der Waals surface area contributed by atoms with Crippen LogP contribution in [0.3, 0.4) is 0 Å². The summed E-state index contributed by atoms with van der Waals surface area (Å²) < 4.78 is 0. The second-order valence-corrected chi connectivity index (χ2v) is 2.81. The number of nitrogen functional groups attached to an aromatic ring is 1. The van der Waals surface area contributed by atoms with E-state index in [1.54, 1.807) is 0 Å². The molecule has 0 fully saturated rings. The van der Waals surface area contributed by atoms with Gasteiger partial charge in [-0.05, 0) is 31.0 Å². The van der Waals surface area contributed by atoms with E-state index in [2.05, 4.69) is 13.0 Å². The van der Waals surface area contributed by atoms with Crippen molar-refractivity contribution < 1.29 is 9.90 Å². The van der Waals surface area contributed by atoms with E-state index in [1.807, 2.05) is 19.1 Å². The third-order valence-electron chi connectivity index (χ3n) is 1.65. The zero-order valence-electron chi connectivity index (χ0n) is 8.16. The molecule has 3 N–H and O–H groups in total. The van der Waals surface area contributed by atoms with Gasteiger partial charge in [-0.15, -0.1) is 0 Å². The summed E-state index contributed by atoms with van der Waals surface area (Å²) >= 11 is 0. The molecular weight excluding hydrogens is 166 g/mol. The SMILES string of the molecule is CC(=O)O.Cc1cccc(N)c1C. The smallest absolute Gasteiger partial charge is 0.300 e. The molecule has 0 heterocycles. The van der Waals surface area contributed by atoms with E-state index >= 15 is 0 Å². The lowest BCUT2D eigenvalue weighted by Crippen LogP contribution is -1.90. The van der Waals surface area contributed by atoms with Crippen molar-refractivity contribution in [1.82, 2.24) is 0 Å². The Labute approximate surface area is 78.2 Å². The molecule has 0 saturated heterocycles. The number of carboxylic acid groups (broad SMARTS) is 1. The number of rotatable bonds is 0. The Bertz CT molecular complexity index is 271. The van der Waals surface area contributed by atoms with E-state index in [0.29, 0.717) is 0 Å². The van der Waals surface area contributed by atoms with Crippen molar-refractivity contribution in [3.05, 3.63) is 29.3 Å². The molecule has 0 aliphatic heterocycles. The highest BCUT2D eigenvalue weighted by atomic mass is 16.4. The Hall–Kier alpha value is -1.51. The van der Waals surface area contributed by atoms with Crippen LogP contribution in [-0.2, 0) is 4.79 Å². The fraction of sp³-hybridized carbons (Fsp3) is 0.300. The number of carboxylic acids is 1. The molecule has 0 saturated carbocycles. The Morgan fingerprint density at radius 1 is 1.38 bits per heavy atom. The van der Waals surface area contributed by atoms with Gasteiger partial charge in [0, 0.05) is 12.6 Å². The standard InChI is InChI=1S/C8H11N.C2H4O2/c1-6-4-3-5-8(9)7(6)2;1-2(3)4/h3-5H,9H2,1-2H3;1H3,(H,3,4). The fourth-order valence-electron chi connectivity index (χ4n) is 0.774. The predicted molar refractivity (Wildman–Crippen MR) is 53.6 cm³/mol. The van der Waals surface area contributed by atoms with Gasteiger partial charge in [-0.1, -0.05) is 12.1 Å². The summed E-state index contributed by atoms with van der Waals surface area (Å²) in [7, 11) is 0. The van der Waals surface area contributed by atoms with Gasteiger partial charge < -0.3 is 10.8 Å². The Balaban J connectivity index is 0.000000310. The van der Waals surface area contributed by atoms with Gasteiger partial charge in [0.05, 0.1) is 0 Å². The highest BCUT2D eigenvalue weighted by molar-refractivity contribution is 5.62. The molecule has 0 bridgehead atoms. The molecule has 13 heavy (non-hydrogen) atoms. The molecule has 0 atom stereocenters. The zero-order valence-corrected chi connectivity index (χ0v) is 8.16. The summed E-state index contributed by atoms with van der Waals surface area (Å²) in [6.07, 6.45) is 0. The van der Waals surface area contributed by atoms with E-state index in [1.165, 1.54) is 11.1 Å². The third-order valence-corrected chi connectivity index (χ3v) is 1.65.